The number of sulfonamides is 1. The number of rotatable bonds is 5. The fourth-order valence-corrected chi connectivity index (χ4v) is 3.58. The van der Waals surface area contributed by atoms with Crippen LogP contribution in [-0.4, -0.2) is 25.2 Å². The summed E-state index contributed by atoms with van der Waals surface area (Å²) in [5.74, 6) is 0. The second-order valence-corrected chi connectivity index (χ2v) is 6.23. The number of nitrogens with zero attached hydrogens (tertiary/aromatic N) is 2. The van der Waals surface area contributed by atoms with Crippen LogP contribution in [0.25, 0.3) is 0 Å². The van der Waals surface area contributed by atoms with E-state index in [2.05, 4.69) is 10.2 Å². The predicted octanol–water partition coefficient (Wildman–Crippen LogP) is 1.39. The number of aromatic amines is 1. The molecular weight excluding hydrogens is 276 g/mol. The Morgan fingerprint density at radius 3 is 2.50 bits per heavy atom. The van der Waals surface area contributed by atoms with Crippen molar-refractivity contribution in [3.05, 3.63) is 41.6 Å². The lowest BCUT2D eigenvalue weighted by Gasteiger charge is -2.22. The minimum atomic E-state index is -3.68. The fraction of sp³-hybridized carbons (Fsp3) is 0.308. The molecule has 2 aromatic rings. The first-order valence-corrected chi connectivity index (χ1v) is 7.76. The molecule has 0 saturated heterocycles. The molecule has 0 amide bonds. The van der Waals surface area contributed by atoms with Crippen molar-refractivity contribution in [1.29, 1.82) is 0 Å². The Bertz CT molecular complexity index is 677. The van der Waals surface area contributed by atoms with E-state index < -0.39 is 10.0 Å². The third-order valence-electron chi connectivity index (χ3n) is 3.06. The SMILES string of the molecule is CCN(c1ccc(C)cc1)S(=O)(=O)c1[nH]ncc1CN. The molecule has 0 spiro atoms. The summed E-state index contributed by atoms with van der Waals surface area (Å²) in [6.45, 7) is 4.19. The van der Waals surface area contributed by atoms with Gasteiger partial charge in [-0.3, -0.25) is 9.40 Å². The van der Waals surface area contributed by atoms with E-state index in [0.29, 0.717) is 17.8 Å². The molecule has 2 rings (SSSR count). The maximum absolute atomic E-state index is 12.7. The highest BCUT2D eigenvalue weighted by Crippen LogP contribution is 2.24. The highest BCUT2D eigenvalue weighted by Gasteiger charge is 2.27. The van der Waals surface area contributed by atoms with Crippen LogP contribution < -0.4 is 10.0 Å². The predicted molar refractivity (Wildman–Crippen MR) is 77.9 cm³/mol. The van der Waals surface area contributed by atoms with Gasteiger partial charge in [-0.15, -0.1) is 0 Å². The normalized spacial score (nSPS) is 11.6. The molecule has 20 heavy (non-hydrogen) atoms. The molecule has 0 aliphatic carbocycles. The summed E-state index contributed by atoms with van der Waals surface area (Å²) >= 11 is 0. The summed E-state index contributed by atoms with van der Waals surface area (Å²) in [5.41, 5.74) is 7.73. The first-order valence-electron chi connectivity index (χ1n) is 6.32. The van der Waals surface area contributed by atoms with Crippen molar-refractivity contribution in [1.82, 2.24) is 10.2 Å². The van der Waals surface area contributed by atoms with Crippen LogP contribution in [0, 0.1) is 6.92 Å². The van der Waals surface area contributed by atoms with E-state index in [1.54, 1.807) is 19.1 Å². The lowest BCUT2D eigenvalue weighted by molar-refractivity contribution is 0.586. The fourth-order valence-electron chi connectivity index (χ4n) is 1.98. The zero-order valence-electron chi connectivity index (χ0n) is 11.5. The van der Waals surface area contributed by atoms with Gasteiger partial charge in [0.2, 0.25) is 0 Å². The Kier molecular flexibility index (Phi) is 4.10. The molecular formula is C13H18N4O2S. The van der Waals surface area contributed by atoms with Crippen molar-refractivity contribution in [2.45, 2.75) is 25.4 Å². The van der Waals surface area contributed by atoms with Crippen LogP contribution in [0.4, 0.5) is 5.69 Å². The van der Waals surface area contributed by atoms with E-state index in [0.717, 1.165) is 5.56 Å². The molecule has 0 atom stereocenters. The van der Waals surface area contributed by atoms with Crippen molar-refractivity contribution in [3.63, 3.8) is 0 Å². The van der Waals surface area contributed by atoms with Crippen LogP contribution in [0.15, 0.2) is 35.5 Å². The van der Waals surface area contributed by atoms with Gasteiger partial charge in [0, 0.05) is 18.7 Å². The molecule has 1 aromatic carbocycles. The lowest BCUT2D eigenvalue weighted by atomic mass is 10.2. The van der Waals surface area contributed by atoms with Crippen LogP contribution in [0.1, 0.15) is 18.1 Å². The summed E-state index contributed by atoms with van der Waals surface area (Å²) in [5, 5.41) is 6.36. The molecule has 0 aliphatic heterocycles. The number of benzene rings is 1. The summed E-state index contributed by atoms with van der Waals surface area (Å²) in [7, 11) is -3.68. The Balaban J connectivity index is 2.48. The zero-order chi connectivity index (χ0) is 14.8. The van der Waals surface area contributed by atoms with E-state index >= 15 is 0 Å². The standard InChI is InChI=1S/C13H18N4O2S/c1-3-17(12-6-4-10(2)5-7-12)20(18,19)13-11(8-14)9-15-16-13/h4-7,9H,3,8,14H2,1-2H3,(H,15,16). The van der Waals surface area contributed by atoms with Crippen molar-refractivity contribution >= 4 is 15.7 Å². The third kappa shape index (κ3) is 2.54. The van der Waals surface area contributed by atoms with Gasteiger partial charge in [0.25, 0.3) is 10.0 Å². The number of aryl methyl sites for hydroxylation is 1. The highest BCUT2D eigenvalue weighted by molar-refractivity contribution is 7.92. The van der Waals surface area contributed by atoms with E-state index in [4.69, 9.17) is 5.73 Å². The summed E-state index contributed by atoms with van der Waals surface area (Å²) in [4.78, 5) is 0. The molecule has 0 saturated carbocycles. The van der Waals surface area contributed by atoms with Crippen LogP contribution in [0.5, 0.6) is 0 Å². The van der Waals surface area contributed by atoms with Gasteiger partial charge >= 0.3 is 0 Å². The largest absolute Gasteiger partial charge is 0.326 e. The number of hydrogen-bond acceptors (Lipinski definition) is 4. The number of hydrogen-bond donors (Lipinski definition) is 2. The van der Waals surface area contributed by atoms with Crippen LogP contribution in [0.3, 0.4) is 0 Å². The maximum Gasteiger partial charge on any atom is 0.281 e. The Labute approximate surface area is 118 Å². The quantitative estimate of drug-likeness (QED) is 0.871. The van der Waals surface area contributed by atoms with Gasteiger partial charge in [-0.2, -0.15) is 13.5 Å². The molecule has 0 fully saturated rings. The monoisotopic (exact) mass is 294 g/mol. The number of aromatic nitrogens is 2. The molecule has 108 valence electrons. The van der Waals surface area contributed by atoms with Gasteiger partial charge in [0.05, 0.1) is 11.9 Å². The Hall–Kier alpha value is -1.86. The van der Waals surface area contributed by atoms with E-state index in [1.807, 2.05) is 19.1 Å². The third-order valence-corrected chi connectivity index (χ3v) is 4.97. The lowest BCUT2D eigenvalue weighted by Crippen LogP contribution is -2.31. The summed E-state index contributed by atoms with van der Waals surface area (Å²) in [6, 6.07) is 7.33. The van der Waals surface area contributed by atoms with Gasteiger partial charge < -0.3 is 5.73 Å². The van der Waals surface area contributed by atoms with Crippen molar-refractivity contribution in [3.8, 4) is 0 Å². The number of nitrogens with one attached hydrogen (secondary N) is 1. The smallest absolute Gasteiger partial charge is 0.281 e. The summed E-state index contributed by atoms with van der Waals surface area (Å²) < 4.78 is 26.7. The molecule has 0 radical (unpaired) electrons. The van der Waals surface area contributed by atoms with Gasteiger partial charge in [0.15, 0.2) is 5.03 Å². The minimum Gasteiger partial charge on any atom is -0.326 e. The van der Waals surface area contributed by atoms with Gasteiger partial charge in [-0.05, 0) is 26.0 Å². The Morgan fingerprint density at radius 1 is 1.30 bits per heavy atom. The van der Waals surface area contributed by atoms with Gasteiger partial charge in [-0.25, -0.2) is 0 Å². The minimum absolute atomic E-state index is 0.0578. The molecule has 1 aromatic heterocycles. The molecule has 6 nitrogen and oxygen atoms in total. The van der Waals surface area contributed by atoms with Crippen LogP contribution >= 0.6 is 0 Å². The van der Waals surface area contributed by atoms with Gasteiger partial charge in [0.1, 0.15) is 0 Å². The summed E-state index contributed by atoms with van der Waals surface area (Å²) in [6.07, 6.45) is 1.44. The second kappa shape index (κ2) is 5.64. The first-order chi connectivity index (χ1) is 9.50. The average molecular weight is 294 g/mol. The van der Waals surface area contributed by atoms with Gasteiger partial charge in [-0.1, -0.05) is 17.7 Å². The molecule has 0 aliphatic rings. The zero-order valence-corrected chi connectivity index (χ0v) is 12.3. The van der Waals surface area contributed by atoms with E-state index in [1.165, 1.54) is 10.5 Å². The number of H-pyrrole nitrogens is 1. The molecule has 1 heterocycles. The van der Waals surface area contributed by atoms with E-state index in [-0.39, 0.29) is 11.6 Å². The molecule has 0 bridgehead atoms. The average Bonchev–Trinajstić information content (AvgIpc) is 2.90. The molecule has 3 N–H and O–H groups in total. The maximum atomic E-state index is 12.7. The number of anilines is 1. The van der Waals surface area contributed by atoms with Crippen molar-refractivity contribution < 1.29 is 8.42 Å². The highest BCUT2D eigenvalue weighted by atomic mass is 32.2. The number of nitrogens with two attached hydrogens (primary N) is 1. The molecule has 7 heteroatoms. The van der Waals surface area contributed by atoms with Crippen LogP contribution in [0.2, 0.25) is 0 Å². The van der Waals surface area contributed by atoms with Crippen molar-refractivity contribution in [2.24, 2.45) is 5.73 Å². The second-order valence-electron chi connectivity index (χ2n) is 4.43. The van der Waals surface area contributed by atoms with Crippen LogP contribution in [-0.2, 0) is 16.6 Å². The van der Waals surface area contributed by atoms with Crippen molar-refractivity contribution in [2.75, 3.05) is 10.8 Å². The molecule has 0 unspecified atom stereocenters. The Morgan fingerprint density at radius 2 is 1.95 bits per heavy atom. The first kappa shape index (κ1) is 14.5. The topological polar surface area (TPSA) is 92.1 Å². The van der Waals surface area contributed by atoms with E-state index in [9.17, 15) is 8.42 Å².